The van der Waals surface area contributed by atoms with Gasteiger partial charge in [-0.2, -0.15) is 0 Å². The van der Waals surface area contributed by atoms with Crippen LogP contribution in [0, 0.1) is 0 Å². The molecule has 0 unspecified atom stereocenters. The number of fused-ring (bicyclic) bond motifs is 1. The van der Waals surface area contributed by atoms with Crippen LogP contribution in [0.2, 0.25) is 0 Å². The first-order valence-corrected chi connectivity index (χ1v) is 6.86. The zero-order chi connectivity index (χ0) is 15.5. The lowest BCUT2D eigenvalue weighted by Gasteiger charge is -2.16. The summed E-state index contributed by atoms with van der Waals surface area (Å²) in [6.07, 6.45) is 0. The van der Waals surface area contributed by atoms with Crippen molar-refractivity contribution < 1.29 is 23.7 Å². The van der Waals surface area contributed by atoms with Gasteiger partial charge in [0.05, 0.1) is 14.2 Å². The first-order valence-electron chi connectivity index (χ1n) is 6.86. The van der Waals surface area contributed by atoms with E-state index in [1.165, 1.54) is 14.2 Å². The summed E-state index contributed by atoms with van der Waals surface area (Å²) in [6, 6.07) is 11.4. The molecule has 2 aromatic rings. The van der Waals surface area contributed by atoms with E-state index < -0.39 is 0 Å². The molecule has 0 aromatic heterocycles. The van der Waals surface area contributed by atoms with Crippen LogP contribution in [0.4, 0.5) is 0 Å². The minimum Gasteiger partial charge on any atom is -0.493 e. The number of ketones is 1. The SMILES string of the molecule is COc1cc2c(c(OC)c1OCc1ccccc1)C(=O)CO2. The highest BCUT2D eigenvalue weighted by Gasteiger charge is 2.31. The number of carbonyl (C=O) groups is 1. The maximum Gasteiger partial charge on any atom is 0.207 e. The molecule has 0 atom stereocenters. The van der Waals surface area contributed by atoms with E-state index in [1.54, 1.807) is 6.07 Å². The van der Waals surface area contributed by atoms with Crippen molar-refractivity contribution in [2.24, 2.45) is 0 Å². The van der Waals surface area contributed by atoms with Gasteiger partial charge in [-0.25, -0.2) is 0 Å². The van der Waals surface area contributed by atoms with Gasteiger partial charge in [-0.05, 0) is 5.56 Å². The topological polar surface area (TPSA) is 54.0 Å². The van der Waals surface area contributed by atoms with Crippen LogP contribution >= 0.6 is 0 Å². The predicted octanol–water partition coefficient (Wildman–Crippen LogP) is 2.86. The molecule has 0 radical (unpaired) electrons. The van der Waals surface area contributed by atoms with Gasteiger partial charge in [0.15, 0.2) is 18.1 Å². The van der Waals surface area contributed by atoms with Crippen molar-refractivity contribution in [3.63, 3.8) is 0 Å². The molecule has 1 aliphatic rings. The van der Waals surface area contributed by atoms with E-state index in [1.807, 2.05) is 30.3 Å². The Kier molecular flexibility index (Phi) is 3.87. The lowest BCUT2D eigenvalue weighted by atomic mass is 10.1. The fourth-order valence-corrected chi connectivity index (χ4v) is 2.40. The molecule has 0 amide bonds. The second kappa shape index (κ2) is 5.97. The molecule has 0 N–H and O–H groups in total. The number of carbonyl (C=O) groups excluding carboxylic acids is 1. The molecule has 0 aliphatic carbocycles. The molecule has 2 aromatic carbocycles. The van der Waals surface area contributed by atoms with Crippen LogP contribution in [0.5, 0.6) is 23.0 Å². The maximum absolute atomic E-state index is 12.0. The first kappa shape index (κ1) is 14.3. The third kappa shape index (κ3) is 2.45. The van der Waals surface area contributed by atoms with Gasteiger partial charge in [-0.1, -0.05) is 30.3 Å². The maximum atomic E-state index is 12.0. The largest absolute Gasteiger partial charge is 0.493 e. The number of benzene rings is 2. The van der Waals surface area contributed by atoms with Crippen molar-refractivity contribution in [2.75, 3.05) is 20.8 Å². The highest BCUT2D eigenvalue weighted by molar-refractivity contribution is 6.06. The Morgan fingerprint density at radius 1 is 1.09 bits per heavy atom. The first-order chi connectivity index (χ1) is 10.7. The Morgan fingerprint density at radius 2 is 1.86 bits per heavy atom. The molecule has 22 heavy (non-hydrogen) atoms. The molecule has 0 fully saturated rings. The number of ether oxygens (including phenoxy) is 4. The lowest BCUT2D eigenvalue weighted by molar-refractivity contribution is 0.0958. The smallest absolute Gasteiger partial charge is 0.207 e. The molecule has 5 nitrogen and oxygen atoms in total. The third-order valence-corrected chi connectivity index (χ3v) is 3.45. The van der Waals surface area contributed by atoms with E-state index in [2.05, 4.69) is 0 Å². The van der Waals surface area contributed by atoms with E-state index in [4.69, 9.17) is 18.9 Å². The van der Waals surface area contributed by atoms with E-state index in [0.717, 1.165) is 5.56 Å². The molecule has 5 heteroatoms. The molecule has 0 saturated heterocycles. The summed E-state index contributed by atoms with van der Waals surface area (Å²) in [5.41, 5.74) is 1.42. The molecule has 1 heterocycles. The quantitative estimate of drug-likeness (QED) is 0.850. The average molecular weight is 300 g/mol. The van der Waals surface area contributed by atoms with Gasteiger partial charge in [-0.15, -0.1) is 0 Å². The van der Waals surface area contributed by atoms with Crippen LogP contribution in [0.15, 0.2) is 36.4 Å². The minimum absolute atomic E-state index is 0.0109. The Hall–Kier alpha value is -2.69. The zero-order valence-electron chi connectivity index (χ0n) is 12.4. The summed E-state index contributed by atoms with van der Waals surface area (Å²) < 4.78 is 21.9. The predicted molar refractivity (Wildman–Crippen MR) is 80.1 cm³/mol. The lowest BCUT2D eigenvalue weighted by Crippen LogP contribution is -2.04. The van der Waals surface area contributed by atoms with E-state index >= 15 is 0 Å². The van der Waals surface area contributed by atoms with Crippen molar-refractivity contribution in [1.29, 1.82) is 0 Å². The average Bonchev–Trinajstić information content (AvgIpc) is 2.93. The van der Waals surface area contributed by atoms with E-state index in [0.29, 0.717) is 35.2 Å². The number of hydrogen-bond donors (Lipinski definition) is 0. The standard InChI is InChI=1S/C17H16O5/c1-19-14-8-13-15(12(18)10-21-13)17(20-2)16(14)22-9-11-6-4-3-5-7-11/h3-8H,9-10H2,1-2H3. The summed E-state index contributed by atoms with van der Waals surface area (Å²) >= 11 is 0. The Balaban J connectivity index is 1.98. The van der Waals surface area contributed by atoms with Crippen molar-refractivity contribution >= 4 is 5.78 Å². The molecule has 0 bridgehead atoms. The number of hydrogen-bond acceptors (Lipinski definition) is 5. The summed E-state index contributed by atoms with van der Waals surface area (Å²) in [5, 5.41) is 0. The summed E-state index contributed by atoms with van der Waals surface area (Å²) in [7, 11) is 3.03. The normalized spacial score (nSPS) is 12.5. The van der Waals surface area contributed by atoms with Crippen LogP contribution in [0.3, 0.4) is 0 Å². The minimum atomic E-state index is -0.126. The highest BCUT2D eigenvalue weighted by Crippen LogP contribution is 2.47. The van der Waals surface area contributed by atoms with Gasteiger partial charge >= 0.3 is 0 Å². The molecular formula is C17H16O5. The summed E-state index contributed by atoms with van der Waals surface area (Å²) in [5.74, 6) is 1.57. The van der Waals surface area contributed by atoms with Crippen molar-refractivity contribution in [3.05, 3.63) is 47.5 Å². The second-order valence-electron chi connectivity index (χ2n) is 4.80. The molecule has 3 rings (SSSR count). The number of rotatable bonds is 5. The Labute approximate surface area is 128 Å². The number of Topliss-reactive ketones (excluding diaryl/α,β-unsaturated/α-hetero) is 1. The number of methoxy groups -OCH3 is 2. The van der Waals surface area contributed by atoms with Crippen molar-refractivity contribution in [3.8, 4) is 23.0 Å². The van der Waals surface area contributed by atoms with Crippen LogP contribution in [0.25, 0.3) is 0 Å². The fourth-order valence-electron chi connectivity index (χ4n) is 2.40. The van der Waals surface area contributed by atoms with Crippen molar-refractivity contribution in [1.82, 2.24) is 0 Å². The van der Waals surface area contributed by atoms with Gasteiger partial charge in [0.2, 0.25) is 11.5 Å². The molecular weight excluding hydrogens is 284 g/mol. The Bertz CT molecular complexity index is 694. The molecule has 114 valence electrons. The van der Waals surface area contributed by atoms with Crippen LogP contribution in [-0.4, -0.2) is 26.6 Å². The van der Waals surface area contributed by atoms with Crippen molar-refractivity contribution in [2.45, 2.75) is 6.61 Å². The second-order valence-corrected chi connectivity index (χ2v) is 4.80. The van der Waals surface area contributed by atoms with Crippen LogP contribution in [0.1, 0.15) is 15.9 Å². The molecule has 1 aliphatic heterocycles. The van der Waals surface area contributed by atoms with Gasteiger partial charge in [0.1, 0.15) is 17.9 Å². The monoisotopic (exact) mass is 300 g/mol. The van der Waals surface area contributed by atoms with Crippen LogP contribution < -0.4 is 18.9 Å². The van der Waals surface area contributed by atoms with Gasteiger partial charge in [0, 0.05) is 6.07 Å². The zero-order valence-corrected chi connectivity index (χ0v) is 12.4. The highest BCUT2D eigenvalue weighted by atomic mass is 16.5. The third-order valence-electron chi connectivity index (χ3n) is 3.45. The Morgan fingerprint density at radius 3 is 2.55 bits per heavy atom. The molecule has 0 saturated carbocycles. The van der Waals surface area contributed by atoms with Crippen LogP contribution in [-0.2, 0) is 6.61 Å². The summed E-state index contributed by atoms with van der Waals surface area (Å²) in [6.45, 7) is 0.360. The van der Waals surface area contributed by atoms with Gasteiger partial charge in [0.25, 0.3) is 0 Å². The van der Waals surface area contributed by atoms with E-state index in [9.17, 15) is 4.79 Å². The molecule has 0 spiro atoms. The van der Waals surface area contributed by atoms with E-state index in [-0.39, 0.29) is 12.4 Å². The summed E-state index contributed by atoms with van der Waals surface area (Å²) in [4.78, 5) is 12.0. The van der Waals surface area contributed by atoms with Gasteiger partial charge < -0.3 is 18.9 Å². The fraction of sp³-hybridized carbons (Fsp3) is 0.235. The van der Waals surface area contributed by atoms with Gasteiger partial charge in [-0.3, -0.25) is 4.79 Å².